The van der Waals surface area contributed by atoms with Crippen LogP contribution < -0.4 is 11.1 Å². The van der Waals surface area contributed by atoms with Crippen molar-refractivity contribution in [2.75, 3.05) is 11.1 Å². The number of nitrogen functional groups attached to an aromatic ring is 1. The summed E-state index contributed by atoms with van der Waals surface area (Å²) in [5, 5.41) is 10.2. The van der Waals surface area contributed by atoms with Crippen LogP contribution in [0, 0.1) is 0 Å². The number of rotatable bonds is 3. The SMILES string of the molecule is CC(Nc1nnc(N)o1)c1ccccn1. The van der Waals surface area contributed by atoms with Crippen molar-refractivity contribution in [1.82, 2.24) is 15.2 Å². The van der Waals surface area contributed by atoms with Crippen LogP contribution in [0.5, 0.6) is 0 Å². The first-order chi connectivity index (χ1) is 7.25. The number of anilines is 2. The molecule has 0 aromatic carbocycles. The molecule has 2 aromatic heterocycles. The van der Waals surface area contributed by atoms with Crippen LogP contribution in [0.2, 0.25) is 0 Å². The minimum absolute atomic E-state index is 0.00829. The van der Waals surface area contributed by atoms with Gasteiger partial charge in [0.25, 0.3) is 0 Å². The molecule has 2 aromatic rings. The first kappa shape index (κ1) is 9.45. The van der Waals surface area contributed by atoms with Crippen LogP contribution in [0.3, 0.4) is 0 Å². The van der Waals surface area contributed by atoms with Crippen LogP contribution in [-0.4, -0.2) is 15.2 Å². The second-order valence-corrected chi connectivity index (χ2v) is 3.07. The summed E-state index contributed by atoms with van der Waals surface area (Å²) in [6.07, 6.45) is 1.73. The van der Waals surface area contributed by atoms with E-state index in [1.54, 1.807) is 6.20 Å². The van der Waals surface area contributed by atoms with Crippen LogP contribution >= 0.6 is 0 Å². The van der Waals surface area contributed by atoms with E-state index in [2.05, 4.69) is 20.5 Å². The molecule has 0 saturated heterocycles. The molecular weight excluding hydrogens is 194 g/mol. The van der Waals surface area contributed by atoms with Crippen LogP contribution in [-0.2, 0) is 0 Å². The average Bonchev–Trinajstić information content (AvgIpc) is 2.65. The smallest absolute Gasteiger partial charge is 0.317 e. The monoisotopic (exact) mass is 205 g/mol. The Morgan fingerprint density at radius 3 is 2.87 bits per heavy atom. The van der Waals surface area contributed by atoms with Gasteiger partial charge in [-0.05, 0) is 19.1 Å². The van der Waals surface area contributed by atoms with Gasteiger partial charge in [-0.2, -0.15) is 0 Å². The van der Waals surface area contributed by atoms with Crippen molar-refractivity contribution in [2.24, 2.45) is 0 Å². The molecule has 2 heterocycles. The predicted molar refractivity (Wildman–Crippen MR) is 55.0 cm³/mol. The highest BCUT2D eigenvalue weighted by molar-refractivity contribution is 5.27. The topological polar surface area (TPSA) is 89.9 Å². The van der Waals surface area contributed by atoms with Gasteiger partial charge in [0.2, 0.25) is 0 Å². The van der Waals surface area contributed by atoms with Crippen LogP contribution in [0.1, 0.15) is 18.7 Å². The molecule has 0 bridgehead atoms. The van der Waals surface area contributed by atoms with Crippen molar-refractivity contribution >= 4 is 12.0 Å². The number of aromatic nitrogens is 3. The fourth-order valence-corrected chi connectivity index (χ4v) is 1.18. The molecule has 2 rings (SSSR count). The zero-order valence-corrected chi connectivity index (χ0v) is 8.21. The van der Waals surface area contributed by atoms with E-state index in [4.69, 9.17) is 10.2 Å². The van der Waals surface area contributed by atoms with Gasteiger partial charge in [0.15, 0.2) is 0 Å². The Morgan fingerprint density at radius 2 is 2.27 bits per heavy atom. The summed E-state index contributed by atoms with van der Waals surface area (Å²) >= 11 is 0. The number of pyridine rings is 1. The van der Waals surface area contributed by atoms with Gasteiger partial charge >= 0.3 is 12.0 Å². The van der Waals surface area contributed by atoms with Gasteiger partial charge < -0.3 is 15.5 Å². The summed E-state index contributed by atoms with van der Waals surface area (Å²) < 4.78 is 4.99. The van der Waals surface area contributed by atoms with Crippen molar-refractivity contribution in [2.45, 2.75) is 13.0 Å². The summed E-state index contributed by atoms with van der Waals surface area (Å²) in [4.78, 5) is 4.20. The maximum Gasteiger partial charge on any atom is 0.317 e. The third kappa shape index (κ3) is 2.22. The number of nitrogens with two attached hydrogens (primary N) is 1. The fourth-order valence-electron chi connectivity index (χ4n) is 1.18. The molecule has 0 amide bonds. The molecule has 78 valence electrons. The molecular formula is C9H11N5O. The zero-order chi connectivity index (χ0) is 10.7. The minimum atomic E-state index is -0.00829. The maximum atomic E-state index is 5.30. The molecule has 1 unspecified atom stereocenters. The molecule has 0 aliphatic carbocycles. The van der Waals surface area contributed by atoms with Gasteiger partial charge in [-0.3, -0.25) is 4.98 Å². The van der Waals surface area contributed by atoms with Crippen molar-refractivity contribution < 1.29 is 4.42 Å². The Kier molecular flexibility index (Phi) is 2.49. The lowest BCUT2D eigenvalue weighted by Gasteiger charge is -2.10. The molecule has 0 radical (unpaired) electrons. The summed E-state index contributed by atoms with van der Waals surface area (Å²) in [6.45, 7) is 1.95. The average molecular weight is 205 g/mol. The summed E-state index contributed by atoms with van der Waals surface area (Å²) in [7, 11) is 0. The molecule has 0 spiro atoms. The number of hydrogen-bond acceptors (Lipinski definition) is 6. The molecule has 15 heavy (non-hydrogen) atoms. The third-order valence-electron chi connectivity index (χ3n) is 1.91. The van der Waals surface area contributed by atoms with Crippen LogP contribution in [0.25, 0.3) is 0 Å². The molecule has 3 N–H and O–H groups in total. The molecule has 1 atom stereocenters. The first-order valence-corrected chi connectivity index (χ1v) is 4.52. The van der Waals surface area contributed by atoms with Gasteiger partial charge in [-0.15, -0.1) is 0 Å². The summed E-state index contributed by atoms with van der Waals surface area (Å²) in [5.41, 5.74) is 6.19. The normalized spacial score (nSPS) is 12.3. The van der Waals surface area contributed by atoms with E-state index in [0.717, 1.165) is 5.69 Å². The highest BCUT2D eigenvalue weighted by Gasteiger charge is 2.09. The Bertz CT molecular complexity index is 427. The van der Waals surface area contributed by atoms with Crippen molar-refractivity contribution in [1.29, 1.82) is 0 Å². The summed E-state index contributed by atoms with van der Waals surface area (Å²) in [5.74, 6) is 0. The quantitative estimate of drug-likeness (QED) is 0.783. The lowest BCUT2D eigenvalue weighted by Crippen LogP contribution is -2.08. The third-order valence-corrected chi connectivity index (χ3v) is 1.91. The van der Waals surface area contributed by atoms with E-state index in [9.17, 15) is 0 Å². The Labute approximate surface area is 86.5 Å². The van der Waals surface area contributed by atoms with Crippen LogP contribution in [0.15, 0.2) is 28.8 Å². The van der Waals surface area contributed by atoms with Crippen molar-refractivity contribution in [3.8, 4) is 0 Å². The fraction of sp³-hybridized carbons (Fsp3) is 0.222. The van der Waals surface area contributed by atoms with Crippen molar-refractivity contribution in [3.05, 3.63) is 30.1 Å². The highest BCUT2D eigenvalue weighted by Crippen LogP contribution is 2.16. The Hall–Kier alpha value is -2.11. The van der Waals surface area contributed by atoms with Crippen molar-refractivity contribution in [3.63, 3.8) is 0 Å². The lowest BCUT2D eigenvalue weighted by atomic mass is 10.2. The molecule has 6 heteroatoms. The van der Waals surface area contributed by atoms with E-state index in [0.29, 0.717) is 6.01 Å². The molecule has 0 saturated carbocycles. The van der Waals surface area contributed by atoms with Crippen LogP contribution in [0.4, 0.5) is 12.0 Å². The largest absolute Gasteiger partial charge is 0.390 e. The number of nitrogens with one attached hydrogen (secondary N) is 1. The first-order valence-electron chi connectivity index (χ1n) is 4.52. The zero-order valence-electron chi connectivity index (χ0n) is 8.21. The van der Waals surface area contributed by atoms with E-state index < -0.39 is 0 Å². The number of nitrogens with zero attached hydrogens (tertiary/aromatic N) is 3. The molecule has 0 aliphatic heterocycles. The molecule has 0 aliphatic rings. The molecule has 6 nitrogen and oxygen atoms in total. The van der Waals surface area contributed by atoms with Gasteiger partial charge in [0, 0.05) is 6.20 Å². The lowest BCUT2D eigenvalue weighted by molar-refractivity contribution is 0.577. The highest BCUT2D eigenvalue weighted by atomic mass is 16.4. The van der Waals surface area contributed by atoms with E-state index in [-0.39, 0.29) is 12.1 Å². The van der Waals surface area contributed by atoms with Gasteiger partial charge in [-0.1, -0.05) is 16.3 Å². The Morgan fingerprint density at radius 1 is 1.40 bits per heavy atom. The maximum absolute atomic E-state index is 5.30. The predicted octanol–water partition coefficient (Wildman–Crippen LogP) is 1.22. The molecule has 0 fully saturated rings. The standard InChI is InChI=1S/C9H11N5O/c1-6(7-4-2-3-5-11-7)12-9-14-13-8(10)15-9/h2-6H,1H3,(H2,10,13)(H,12,14). The van der Waals surface area contributed by atoms with Gasteiger partial charge in [-0.25, -0.2) is 0 Å². The second kappa shape index (κ2) is 3.95. The van der Waals surface area contributed by atoms with E-state index in [1.807, 2.05) is 25.1 Å². The van der Waals surface area contributed by atoms with E-state index >= 15 is 0 Å². The summed E-state index contributed by atoms with van der Waals surface area (Å²) in [6, 6.07) is 6.03. The van der Waals surface area contributed by atoms with Gasteiger partial charge in [0.1, 0.15) is 0 Å². The number of hydrogen-bond donors (Lipinski definition) is 2. The minimum Gasteiger partial charge on any atom is -0.390 e. The van der Waals surface area contributed by atoms with E-state index in [1.165, 1.54) is 0 Å². The van der Waals surface area contributed by atoms with Gasteiger partial charge in [0.05, 0.1) is 11.7 Å². The second-order valence-electron chi connectivity index (χ2n) is 3.07. The Balaban J connectivity index is 2.07.